The summed E-state index contributed by atoms with van der Waals surface area (Å²) in [5.74, 6) is -0.0868. The second-order valence-corrected chi connectivity index (χ2v) is 6.10. The van der Waals surface area contributed by atoms with Gasteiger partial charge in [0.1, 0.15) is 0 Å². The van der Waals surface area contributed by atoms with Crippen LogP contribution in [-0.2, 0) is 11.2 Å². The van der Waals surface area contributed by atoms with Crippen molar-refractivity contribution in [3.05, 3.63) is 19.9 Å². The highest BCUT2D eigenvalue weighted by Gasteiger charge is 2.05. The van der Waals surface area contributed by atoms with Gasteiger partial charge < -0.3 is 11.1 Å². The Kier molecular flexibility index (Phi) is 7.50. The van der Waals surface area contributed by atoms with Gasteiger partial charge in [0.15, 0.2) is 0 Å². The second kappa shape index (κ2) is 7.43. The largest absolute Gasteiger partial charge is 0.354 e. The summed E-state index contributed by atoms with van der Waals surface area (Å²) in [4.78, 5) is 12.4. The van der Waals surface area contributed by atoms with Gasteiger partial charge in [-0.1, -0.05) is 0 Å². The average molecular weight is 361 g/mol. The first kappa shape index (κ1) is 15.2. The minimum atomic E-state index is -0.418. The number of halogens is 2. The number of carbonyl (C=O) groups excluding carboxylic acids is 1. The molecule has 0 aliphatic heterocycles. The van der Waals surface area contributed by atoms with E-state index in [9.17, 15) is 4.79 Å². The van der Waals surface area contributed by atoms with Crippen LogP contribution < -0.4 is 11.1 Å². The fraction of sp³-hybridized carbons (Fsp3) is 0.444. The molecule has 1 aromatic heterocycles. The van der Waals surface area contributed by atoms with Crippen molar-refractivity contribution in [1.29, 1.82) is 0 Å². The predicted octanol–water partition coefficient (Wildman–Crippen LogP) is 1.78. The Balaban J connectivity index is 0.00000196. The van der Waals surface area contributed by atoms with Gasteiger partial charge in [-0.3, -0.25) is 4.79 Å². The first-order valence-electron chi connectivity index (χ1n) is 4.37. The number of hydrogen-bond donors (Lipinski definition) is 2. The third kappa shape index (κ3) is 5.70. The van der Waals surface area contributed by atoms with Crippen molar-refractivity contribution in [3.63, 3.8) is 0 Å². The minimum Gasteiger partial charge on any atom is -0.354 e. The molecule has 0 radical (unpaired) electrons. The van der Waals surface area contributed by atoms with Crippen LogP contribution in [-0.4, -0.2) is 18.5 Å². The number of thiophene rings is 1. The van der Waals surface area contributed by atoms with Crippen molar-refractivity contribution in [3.8, 4) is 0 Å². The molecule has 0 saturated heterocycles. The van der Waals surface area contributed by atoms with Gasteiger partial charge >= 0.3 is 0 Å². The lowest BCUT2D eigenvalue weighted by Crippen LogP contribution is -2.39. The number of nitrogens with two attached hydrogens (primary N) is 1. The Morgan fingerprint density at radius 1 is 1.67 bits per heavy atom. The standard InChI is InChI=1S/C9H13IN2OS.ClH/c1-6(11)9(13)12-5-4-7-2-3-8(10)14-7;/h2-3,6H,4-5,11H2,1H3,(H,12,13);1H/t6-;/m1./s1. The lowest BCUT2D eigenvalue weighted by molar-refractivity contribution is -0.121. The summed E-state index contributed by atoms with van der Waals surface area (Å²) in [5, 5.41) is 2.78. The molecule has 0 unspecified atom stereocenters. The maximum atomic E-state index is 11.1. The molecule has 1 heterocycles. The molecule has 1 rings (SSSR count). The molecule has 3 nitrogen and oxygen atoms in total. The van der Waals surface area contributed by atoms with Crippen LogP contribution in [0.15, 0.2) is 12.1 Å². The lowest BCUT2D eigenvalue weighted by Gasteiger charge is -2.06. The maximum absolute atomic E-state index is 11.1. The van der Waals surface area contributed by atoms with E-state index < -0.39 is 6.04 Å². The van der Waals surface area contributed by atoms with E-state index in [1.165, 1.54) is 7.76 Å². The third-order valence-electron chi connectivity index (χ3n) is 1.71. The van der Waals surface area contributed by atoms with E-state index in [-0.39, 0.29) is 18.3 Å². The van der Waals surface area contributed by atoms with Crippen molar-refractivity contribution in [2.75, 3.05) is 6.54 Å². The highest BCUT2D eigenvalue weighted by molar-refractivity contribution is 14.1. The van der Waals surface area contributed by atoms with Gasteiger partial charge in [-0.15, -0.1) is 23.7 Å². The zero-order chi connectivity index (χ0) is 10.6. The summed E-state index contributed by atoms with van der Waals surface area (Å²) in [6.45, 7) is 2.35. The molecular weight excluding hydrogens is 347 g/mol. The number of amides is 1. The fourth-order valence-electron chi connectivity index (χ4n) is 0.956. The zero-order valence-electron chi connectivity index (χ0n) is 8.33. The van der Waals surface area contributed by atoms with E-state index in [0.29, 0.717) is 6.54 Å². The van der Waals surface area contributed by atoms with Gasteiger partial charge in [0.2, 0.25) is 5.91 Å². The number of hydrogen-bond acceptors (Lipinski definition) is 3. The molecule has 1 aromatic rings. The molecular formula is C9H14ClIN2OS. The Morgan fingerprint density at radius 2 is 2.33 bits per heavy atom. The molecule has 3 N–H and O–H groups in total. The monoisotopic (exact) mass is 360 g/mol. The zero-order valence-corrected chi connectivity index (χ0v) is 12.1. The summed E-state index contributed by atoms with van der Waals surface area (Å²) >= 11 is 4.04. The smallest absolute Gasteiger partial charge is 0.236 e. The van der Waals surface area contributed by atoms with Crippen molar-refractivity contribution in [2.24, 2.45) is 5.73 Å². The number of rotatable bonds is 4. The SMILES string of the molecule is C[C@@H](N)C(=O)NCCc1ccc(I)s1.Cl. The molecule has 0 aliphatic rings. The molecule has 1 amide bonds. The topological polar surface area (TPSA) is 55.1 Å². The Hall–Kier alpha value is 0.150. The number of nitrogens with one attached hydrogen (secondary N) is 1. The molecule has 6 heteroatoms. The van der Waals surface area contributed by atoms with Crippen LogP contribution in [0.2, 0.25) is 0 Å². The predicted molar refractivity (Wildman–Crippen MR) is 74.6 cm³/mol. The highest BCUT2D eigenvalue weighted by Crippen LogP contribution is 2.18. The van der Waals surface area contributed by atoms with E-state index in [1.54, 1.807) is 18.3 Å². The van der Waals surface area contributed by atoms with Crippen LogP contribution in [0.25, 0.3) is 0 Å². The van der Waals surface area contributed by atoms with Crippen LogP contribution in [0.1, 0.15) is 11.8 Å². The van der Waals surface area contributed by atoms with Gasteiger partial charge in [-0.2, -0.15) is 0 Å². The molecule has 0 fully saturated rings. The fourth-order valence-corrected chi connectivity index (χ4v) is 2.71. The summed E-state index contributed by atoms with van der Waals surface area (Å²) in [5.41, 5.74) is 5.41. The van der Waals surface area contributed by atoms with E-state index in [4.69, 9.17) is 5.73 Å². The summed E-state index contributed by atoms with van der Waals surface area (Å²) in [6.07, 6.45) is 0.881. The first-order chi connectivity index (χ1) is 6.59. The second-order valence-electron chi connectivity index (χ2n) is 3.04. The normalized spacial score (nSPS) is 11.7. The lowest BCUT2D eigenvalue weighted by atomic mass is 10.3. The van der Waals surface area contributed by atoms with E-state index in [1.807, 2.05) is 0 Å². The Labute approximate surface area is 113 Å². The molecule has 0 saturated carbocycles. The molecule has 0 aliphatic carbocycles. The molecule has 0 bridgehead atoms. The van der Waals surface area contributed by atoms with Crippen LogP contribution in [0, 0.1) is 2.88 Å². The van der Waals surface area contributed by atoms with Crippen molar-refractivity contribution >= 4 is 52.2 Å². The number of carbonyl (C=O) groups is 1. The van der Waals surface area contributed by atoms with Crippen LogP contribution in [0.5, 0.6) is 0 Å². The van der Waals surface area contributed by atoms with Gasteiger partial charge in [0.05, 0.1) is 8.93 Å². The van der Waals surface area contributed by atoms with Gasteiger partial charge in [0.25, 0.3) is 0 Å². The highest BCUT2D eigenvalue weighted by atomic mass is 127. The summed E-state index contributed by atoms with van der Waals surface area (Å²) in [7, 11) is 0. The molecule has 15 heavy (non-hydrogen) atoms. The average Bonchev–Trinajstić information content (AvgIpc) is 2.51. The molecule has 0 spiro atoms. The molecule has 0 aromatic carbocycles. The molecule has 86 valence electrons. The van der Waals surface area contributed by atoms with Crippen LogP contribution in [0.4, 0.5) is 0 Å². The van der Waals surface area contributed by atoms with E-state index in [0.717, 1.165) is 6.42 Å². The first-order valence-corrected chi connectivity index (χ1v) is 6.26. The summed E-state index contributed by atoms with van der Waals surface area (Å²) in [6, 6.07) is 3.75. The minimum absolute atomic E-state index is 0. The van der Waals surface area contributed by atoms with Crippen molar-refractivity contribution < 1.29 is 4.79 Å². The maximum Gasteiger partial charge on any atom is 0.236 e. The Morgan fingerprint density at radius 3 is 2.80 bits per heavy atom. The molecule has 1 atom stereocenters. The van der Waals surface area contributed by atoms with Gasteiger partial charge in [-0.05, 0) is 48.1 Å². The van der Waals surface area contributed by atoms with Crippen LogP contribution in [0.3, 0.4) is 0 Å². The Bertz CT molecular complexity index is 317. The quantitative estimate of drug-likeness (QED) is 0.804. The van der Waals surface area contributed by atoms with Gasteiger partial charge in [0, 0.05) is 11.4 Å². The van der Waals surface area contributed by atoms with Crippen molar-refractivity contribution in [2.45, 2.75) is 19.4 Å². The van der Waals surface area contributed by atoms with E-state index in [2.05, 4.69) is 40.0 Å². The van der Waals surface area contributed by atoms with E-state index >= 15 is 0 Å². The summed E-state index contributed by atoms with van der Waals surface area (Å²) < 4.78 is 1.27. The van der Waals surface area contributed by atoms with Gasteiger partial charge in [-0.25, -0.2) is 0 Å². The van der Waals surface area contributed by atoms with Crippen LogP contribution >= 0.6 is 46.3 Å². The van der Waals surface area contributed by atoms with Crippen molar-refractivity contribution in [1.82, 2.24) is 5.32 Å². The third-order valence-corrected chi connectivity index (χ3v) is 3.67.